The van der Waals surface area contributed by atoms with E-state index in [0.29, 0.717) is 17.0 Å². The van der Waals surface area contributed by atoms with Gasteiger partial charge in [-0.2, -0.15) is 0 Å². The largest absolute Gasteiger partial charge is 0.490 e. The fourth-order valence-corrected chi connectivity index (χ4v) is 2.05. The summed E-state index contributed by atoms with van der Waals surface area (Å²) in [6.07, 6.45) is 5.87. The van der Waals surface area contributed by atoms with Gasteiger partial charge in [0, 0.05) is 5.69 Å². The number of carbonyl (C=O) groups is 1. The molecule has 0 spiro atoms. The van der Waals surface area contributed by atoms with Crippen molar-refractivity contribution in [3.8, 4) is 5.75 Å². The number of rotatable bonds is 8. The van der Waals surface area contributed by atoms with Crippen LogP contribution in [0.15, 0.2) is 18.2 Å². The van der Waals surface area contributed by atoms with Gasteiger partial charge in [-0.15, -0.1) is 0 Å². The lowest BCUT2D eigenvalue weighted by molar-refractivity contribution is 0.0593. The Hall–Kier alpha value is -1.71. The zero-order valence-electron chi connectivity index (χ0n) is 12.6. The molecular formula is C16H25NO3. The van der Waals surface area contributed by atoms with Gasteiger partial charge >= 0.3 is 5.97 Å². The molecule has 2 N–H and O–H groups in total. The van der Waals surface area contributed by atoms with Crippen molar-refractivity contribution in [3.05, 3.63) is 23.8 Å². The number of ether oxygens (including phenoxy) is 2. The van der Waals surface area contributed by atoms with Gasteiger partial charge in [0.1, 0.15) is 11.3 Å². The van der Waals surface area contributed by atoms with Crippen molar-refractivity contribution < 1.29 is 14.3 Å². The minimum atomic E-state index is -0.425. The van der Waals surface area contributed by atoms with E-state index < -0.39 is 5.97 Å². The smallest absolute Gasteiger partial charge is 0.341 e. The van der Waals surface area contributed by atoms with Gasteiger partial charge in [-0.3, -0.25) is 0 Å². The van der Waals surface area contributed by atoms with Crippen LogP contribution < -0.4 is 10.5 Å². The minimum absolute atomic E-state index is 0.0684. The Morgan fingerprint density at radius 2 is 2.05 bits per heavy atom. The summed E-state index contributed by atoms with van der Waals surface area (Å²) in [6.45, 7) is 4.21. The summed E-state index contributed by atoms with van der Waals surface area (Å²) in [4.78, 5) is 11.7. The number of methoxy groups -OCH3 is 1. The topological polar surface area (TPSA) is 61.5 Å². The van der Waals surface area contributed by atoms with E-state index in [1.807, 2.05) is 6.92 Å². The molecule has 0 aromatic heterocycles. The number of hydrogen-bond acceptors (Lipinski definition) is 4. The van der Waals surface area contributed by atoms with E-state index in [-0.39, 0.29) is 6.10 Å². The van der Waals surface area contributed by atoms with Crippen molar-refractivity contribution >= 4 is 11.7 Å². The van der Waals surface area contributed by atoms with Crippen LogP contribution in [0.2, 0.25) is 0 Å². The third-order valence-electron chi connectivity index (χ3n) is 3.20. The molecule has 0 saturated carbocycles. The summed E-state index contributed by atoms with van der Waals surface area (Å²) >= 11 is 0. The molecule has 0 bridgehead atoms. The first kappa shape index (κ1) is 16.3. The lowest BCUT2D eigenvalue weighted by Crippen LogP contribution is -2.15. The van der Waals surface area contributed by atoms with Crippen LogP contribution in [0.3, 0.4) is 0 Å². The van der Waals surface area contributed by atoms with Gasteiger partial charge < -0.3 is 15.2 Å². The second kappa shape index (κ2) is 8.46. The van der Waals surface area contributed by atoms with Crippen LogP contribution in [0.4, 0.5) is 5.69 Å². The predicted molar refractivity (Wildman–Crippen MR) is 81.0 cm³/mol. The van der Waals surface area contributed by atoms with Gasteiger partial charge in [0.05, 0.1) is 13.2 Å². The number of hydrogen-bond donors (Lipinski definition) is 1. The van der Waals surface area contributed by atoms with Crippen LogP contribution in [-0.2, 0) is 4.74 Å². The quantitative estimate of drug-likeness (QED) is 0.447. The molecule has 1 rings (SSSR count). The molecule has 0 aliphatic carbocycles. The highest BCUT2D eigenvalue weighted by Crippen LogP contribution is 2.24. The Labute approximate surface area is 121 Å². The van der Waals surface area contributed by atoms with Crippen LogP contribution in [-0.4, -0.2) is 19.2 Å². The van der Waals surface area contributed by atoms with E-state index in [2.05, 4.69) is 6.92 Å². The average molecular weight is 279 g/mol. The van der Waals surface area contributed by atoms with E-state index in [4.69, 9.17) is 15.2 Å². The molecule has 0 radical (unpaired) electrons. The summed E-state index contributed by atoms with van der Waals surface area (Å²) < 4.78 is 10.6. The second-order valence-corrected chi connectivity index (χ2v) is 5.02. The molecule has 0 amide bonds. The molecule has 112 valence electrons. The van der Waals surface area contributed by atoms with Gasteiger partial charge in [0.2, 0.25) is 0 Å². The number of anilines is 1. The van der Waals surface area contributed by atoms with Crippen LogP contribution >= 0.6 is 0 Å². The molecule has 0 aliphatic heterocycles. The SMILES string of the molecule is CCCCCCC(C)Oc1ccc(N)cc1C(=O)OC. The molecule has 0 aliphatic rings. The van der Waals surface area contributed by atoms with E-state index in [1.54, 1.807) is 18.2 Å². The molecular weight excluding hydrogens is 254 g/mol. The zero-order chi connectivity index (χ0) is 15.0. The van der Waals surface area contributed by atoms with Crippen molar-refractivity contribution in [3.63, 3.8) is 0 Å². The molecule has 1 unspecified atom stereocenters. The lowest BCUT2D eigenvalue weighted by atomic mass is 10.1. The van der Waals surface area contributed by atoms with Crippen molar-refractivity contribution in [2.45, 2.75) is 52.1 Å². The van der Waals surface area contributed by atoms with Crippen molar-refractivity contribution in [1.82, 2.24) is 0 Å². The average Bonchev–Trinajstić information content (AvgIpc) is 2.44. The van der Waals surface area contributed by atoms with Crippen molar-refractivity contribution in [2.24, 2.45) is 0 Å². The highest BCUT2D eigenvalue weighted by molar-refractivity contribution is 5.93. The van der Waals surface area contributed by atoms with Gasteiger partial charge in [0.25, 0.3) is 0 Å². The third kappa shape index (κ3) is 5.11. The minimum Gasteiger partial charge on any atom is -0.490 e. The third-order valence-corrected chi connectivity index (χ3v) is 3.20. The number of carbonyl (C=O) groups excluding carboxylic acids is 1. The Balaban J connectivity index is 2.64. The Kier molecular flexibility index (Phi) is 6.91. The highest BCUT2D eigenvalue weighted by atomic mass is 16.5. The lowest BCUT2D eigenvalue weighted by Gasteiger charge is -2.17. The highest BCUT2D eigenvalue weighted by Gasteiger charge is 2.15. The Morgan fingerprint density at radius 3 is 2.70 bits per heavy atom. The summed E-state index contributed by atoms with van der Waals surface area (Å²) in [5.41, 5.74) is 6.60. The van der Waals surface area contributed by atoms with Crippen LogP contribution in [0.5, 0.6) is 5.75 Å². The van der Waals surface area contributed by atoms with Crippen LogP contribution in [0.25, 0.3) is 0 Å². The monoisotopic (exact) mass is 279 g/mol. The summed E-state index contributed by atoms with van der Waals surface area (Å²) in [6, 6.07) is 5.04. The maximum atomic E-state index is 11.7. The molecule has 0 heterocycles. The number of nitrogen functional groups attached to an aromatic ring is 1. The number of esters is 1. The Morgan fingerprint density at radius 1 is 1.30 bits per heavy atom. The maximum absolute atomic E-state index is 11.7. The maximum Gasteiger partial charge on any atom is 0.341 e. The summed E-state index contributed by atoms with van der Waals surface area (Å²) in [7, 11) is 1.35. The summed E-state index contributed by atoms with van der Waals surface area (Å²) in [5.74, 6) is 0.111. The predicted octanol–water partition coefficient (Wildman–Crippen LogP) is 3.79. The fourth-order valence-electron chi connectivity index (χ4n) is 2.05. The standard InChI is InChI=1S/C16H25NO3/c1-4-5-6-7-8-12(2)20-15-10-9-13(17)11-14(15)16(18)19-3/h9-12H,4-8,17H2,1-3H3. The van der Waals surface area contributed by atoms with Gasteiger partial charge in [0.15, 0.2) is 0 Å². The zero-order valence-corrected chi connectivity index (χ0v) is 12.6. The first-order valence-corrected chi connectivity index (χ1v) is 7.23. The summed E-state index contributed by atoms with van der Waals surface area (Å²) in [5, 5.41) is 0. The molecule has 4 heteroatoms. The Bertz CT molecular complexity index is 432. The molecule has 20 heavy (non-hydrogen) atoms. The fraction of sp³-hybridized carbons (Fsp3) is 0.562. The van der Waals surface area contributed by atoms with Crippen molar-refractivity contribution in [2.75, 3.05) is 12.8 Å². The van der Waals surface area contributed by atoms with E-state index in [1.165, 1.54) is 26.4 Å². The van der Waals surface area contributed by atoms with E-state index in [0.717, 1.165) is 12.8 Å². The van der Waals surface area contributed by atoms with Crippen LogP contribution in [0.1, 0.15) is 56.3 Å². The van der Waals surface area contributed by atoms with Crippen molar-refractivity contribution in [1.29, 1.82) is 0 Å². The van der Waals surface area contributed by atoms with E-state index >= 15 is 0 Å². The normalized spacial score (nSPS) is 11.9. The van der Waals surface area contributed by atoms with Gasteiger partial charge in [-0.05, 0) is 38.0 Å². The number of nitrogens with two attached hydrogens (primary N) is 1. The first-order chi connectivity index (χ1) is 9.58. The molecule has 1 aromatic carbocycles. The van der Waals surface area contributed by atoms with Crippen LogP contribution in [0, 0.1) is 0 Å². The molecule has 0 saturated heterocycles. The second-order valence-electron chi connectivity index (χ2n) is 5.02. The molecule has 4 nitrogen and oxygen atoms in total. The molecule has 0 fully saturated rings. The molecule has 1 aromatic rings. The molecule has 1 atom stereocenters. The number of benzene rings is 1. The number of unbranched alkanes of at least 4 members (excludes halogenated alkanes) is 3. The van der Waals surface area contributed by atoms with E-state index in [9.17, 15) is 4.79 Å². The first-order valence-electron chi connectivity index (χ1n) is 7.23. The van der Waals surface area contributed by atoms with Gasteiger partial charge in [-0.25, -0.2) is 4.79 Å². The van der Waals surface area contributed by atoms with Gasteiger partial charge in [-0.1, -0.05) is 26.2 Å².